The average molecular weight is 787 g/mol. The molecular weight excluding hydrogens is 737 g/mol. The lowest BCUT2D eigenvalue weighted by molar-refractivity contribution is -0.00442. The fraction of sp³-hybridized carbons (Fsp3) is 0.333. The van der Waals surface area contributed by atoms with Crippen molar-refractivity contribution in [2.45, 2.75) is 57.0 Å². The second-order valence-corrected chi connectivity index (χ2v) is 17.5. The van der Waals surface area contributed by atoms with E-state index in [9.17, 15) is 19.2 Å². The predicted octanol–water partition coefficient (Wildman–Crippen LogP) is 7.80. The van der Waals surface area contributed by atoms with E-state index in [2.05, 4.69) is 52.3 Å². The van der Waals surface area contributed by atoms with Crippen LogP contribution < -0.4 is 0 Å². The van der Waals surface area contributed by atoms with Crippen LogP contribution in [0.2, 0.25) is 0 Å². The van der Waals surface area contributed by atoms with E-state index < -0.39 is 16.5 Å². The van der Waals surface area contributed by atoms with Gasteiger partial charge in [0, 0.05) is 65.0 Å². The second-order valence-electron chi connectivity index (χ2n) is 17.5. The van der Waals surface area contributed by atoms with Crippen LogP contribution in [0.1, 0.15) is 103 Å². The number of nitrogens with zero attached hydrogens (tertiary/aromatic N) is 2. The fourth-order valence-electron chi connectivity index (χ4n) is 9.97. The number of Topliss-reactive ketones (excluding diaryl/α,β-unsaturated/α-hetero) is 2. The molecule has 5 aromatic carbocycles. The van der Waals surface area contributed by atoms with Crippen molar-refractivity contribution in [3.05, 3.63) is 165 Å². The molecule has 2 heterocycles. The Bertz CT molecular complexity index is 2400. The van der Waals surface area contributed by atoms with Gasteiger partial charge in [0.2, 0.25) is 0 Å². The first-order valence-electron chi connectivity index (χ1n) is 20.8. The van der Waals surface area contributed by atoms with E-state index in [-0.39, 0.29) is 23.1 Å². The van der Waals surface area contributed by atoms with E-state index in [1.54, 1.807) is 24.3 Å². The number of fused-ring (bicyclic) bond motifs is 5. The summed E-state index contributed by atoms with van der Waals surface area (Å²) in [5.74, 6) is -0.162. The molecule has 0 saturated carbocycles. The number of rotatable bonds is 10. The smallest absolute Gasteiger partial charge is 0.194 e. The van der Waals surface area contributed by atoms with Crippen molar-refractivity contribution in [3.8, 4) is 11.1 Å². The minimum absolute atomic E-state index is 0.0683. The molecule has 0 spiro atoms. The number of hydrogen-bond acceptors (Lipinski definition) is 8. The Kier molecular flexibility index (Phi) is 9.95. The van der Waals surface area contributed by atoms with Gasteiger partial charge in [-0.3, -0.25) is 29.0 Å². The highest BCUT2D eigenvalue weighted by atomic mass is 16.5. The number of ether oxygens (including phenoxy) is 2. The predicted molar refractivity (Wildman–Crippen MR) is 228 cm³/mol. The number of carbonyl (C=O) groups is 4. The second kappa shape index (κ2) is 15.0. The average Bonchev–Trinajstić information content (AvgIpc) is 3.53. The summed E-state index contributed by atoms with van der Waals surface area (Å²) >= 11 is 0. The molecule has 2 fully saturated rings. The molecule has 0 atom stereocenters. The van der Waals surface area contributed by atoms with E-state index in [1.807, 2.05) is 70.2 Å². The summed E-state index contributed by atoms with van der Waals surface area (Å²) in [5.41, 5.74) is 7.15. The van der Waals surface area contributed by atoms with Gasteiger partial charge in [-0.1, -0.05) is 97.1 Å². The van der Waals surface area contributed by atoms with Gasteiger partial charge in [-0.15, -0.1) is 0 Å². The molecule has 0 aromatic heterocycles. The SMILES string of the molecule is CC(C)(C(=O)c1ccc(CC2(Cc3ccc(C(=O)C(C)(C)N4CCOCC4)cc3)c3ccccc3-c3cc4c(cc32)C(=O)c2ccccc2C4=O)cc1)N1CCOCC1. The van der Waals surface area contributed by atoms with Gasteiger partial charge >= 0.3 is 0 Å². The Morgan fingerprint density at radius 2 is 0.915 bits per heavy atom. The van der Waals surface area contributed by atoms with Crippen molar-refractivity contribution in [2.75, 3.05) is 52.6 Å². The van der Waals surface area contributed by atoms with Gasteiger partial charge in [0.05, 0.1) is 37.5 Å². The molecule has 8 nitrogen and oxygen atoms in total. The van der Waals surface area contributed by atoms with Crippen molar-refractivity contribution in [2.24, 2.45) is 0 Å². The maximum Gasteiger partial charge on any atom is 0.194 e. The van der Waals surface area contributed by atoms with Gasteiger partial charge in [0.25, 0.3) is 0 Å². The van der Waals surface area contributed by atoms with Crippen LogP contribution in [-0.4, -0.2) is 96.6 Å². The van der Waals surface area contributed by atoms with Crippen LogP contribution in [0.3, 0.4) is 0 Å². The quantitative estimate of drug-likeness (QED) is 0.130. The minimum Gasteiger partial charge on any atom is -0.379 e. The van der Waals surface area contributed by atoms with Gasteiger partial charge in [-0.2, -0.15) is 0 Å². The van der Waals surface area contributed by atoms with Crippen molar-refractivity contribution in [3.63, 3.8) is 0 Å². The van der Waals surface area contributed by atoms with E-state index in [0.717, 1.165) is 33.4 Å². The fourth-order valence-corrected chi connectivity index (χ4v) is 9.97. The summed E-state index contributed by atoms with van der Waals surface area (Å²) in [6, 6.07) is 35.3. The zero-order valence-electron chi connectivity index (χ0n) is 34.3. The third kappa shape index (κ3) is 6.63. The Morgan fingerprint density at radius 3 is 1.37 bits per heavy atom. The molecule has 0 amide bonds. The van der Waals surface area contributed by atoms with Crippen LogP contribution >= 0.6 is 0 Å². The topological polar surface area (TPSA) is 93.2 Å². The Hall–Kier alpha value is -5.38. The molecule has 0 radical (unpaired) electrons. The zero-order chi connectivity index (χ0) is 41.1. The van der Waals surface area contributed by atoms with Gasteiger partial charge in [0.15, 0.2) is 23.1 Å². The molecule has 9 rings (SSSR count). The highest BCUT2D eigenvalue weighted by Crippen LogP contribution is 2.54. The summed E-state index contributed by atoms with van der Waals surface area (Å²) in [7, 11) is 0. The first-order chi connectivity index (χ1) is 28.4. The molecule has 4 aliphatic rings. The van der Waals surface area contributed by atoms with Crippen LogP contribution in [-0.2, 0) is 27.7 Å². The summed E-state index contributed by atoms with van der Waals surface area (Å²) in [6.45, 7) is 13.3. The van der Waals surface area contributed by atoms with Gasteiger partial charge < -0.3 is 9.47 Å². The van der Waals surface area contributed by atoms with Crippen molar-refractivity contribution in [1.29, 1.82) is 0 Å². The molecule has 59 heavy (non-hydrogen) atoms. The van der Waals surface area contributed by atoms with Crippen LogP contribution in [0.4, 0.5) is 0 Å². The zero-order valence-corrected chi connectivity index (χ0v) is 34.3. The van der Waals surface area contributed by atoms with Crippen molar-refractivity contribution >= 4 is 23.1 Å². The molecule has 8 heteroatoms. The maximum atomic E-state index is 14.2. The van der Waals surface area contributed by atoms with Gasteiger partial charge in [-0.05, 0) is 86.1 Å². The molecule has 0 N–H and O–H groups in total. The van der Waals surface area contributed by atoms with Crippen LogP contribution in [0.15, 0.2) is 109 Å². The van der Waals surface area contributed by atoms with Crippen LogP contribution in [0, 0.1) is 0 Å². The lowest BCUT2D eigenvalue weighted by atomic mass is 9.68. The lowest BCUT2D eigenvalue weighted by Crippen LogP contribution is -2.54. The molecule has 2 aliphatic heterocycles. The lowest BCUT2D eigenvalue weighted by Gasteiger charge is -2.39. The molecular formula is C51H50N2O6. The van der Waals surface area contributed by atoms with Crippen LogP contribution in [0.25, 0.3) is 11.1 Å². The van der Waals surface area contributed by atoms with E-state index in [4.69, 9.17) is 9.47 Å². The first kappa shape index (κ1) is 39.1. The third-order valence-electron chi connectivity index (χ3n) is 13.5. The third-order valence-corrected chi connectivity index (χ3v) is 13.5. The minimum atomic E-state index is -0.678. The van der Waals surface area contributed by atoms with Crippen molar-refractivity contribution in [1.82, 2.24) is 9.80 Å². The van der Waals surface area contributed by atoms with E-state index in [0.29, 0.717) is 98.8 Å². The summed E-state index contributed by atoms with van der Waals surface area (Å²) in [5, 5.41) is 0. The molecule has 2 saturated heterocycles. The van der Waals surface area contributed by atoms with E-state index in [1.165, 1.54) is 0 Å². The highest BCUT2D eigenvalue weighted by Gasteiger charge is 2.46. The summed E-state index contributed by atoms with van der Waals surface area (Å²) in [6.07, 6.45) is 1.14. The van der Waals surface area contributed by atoms with Crippen molar-refractivity contribution < 1.29 is 28.7 Å². The summed E-state index contributed by atoms with van der Waals surface area (Å²) < 4.78 is 11.1. The van der Waals surface area contributed by atoms with Gasteiger partial charge in [-0.25, -0.2) is 0 Å². The molecule has 0 unspecified atom stereocenters. The number of benzene rings is 5. The number of ketones is 4. The number of hydrogen-bond donors (Lipinski definition) is 0. The Balaban J connectivity index is 1.13. The Morgan fingerprint density at radius 1 is 0.508 bits per heavy atom. The maximum absolute atomic E-state index is 14.2. The molecule has 0 bridgehead atoms. The highest BCUT2D eigenvalue weighted by molar-refractivity contribution is 6.29. The molecule has 5 aromatic rings. The standard InChI is InChI=1S/C51H50N2O6/c1-49(2,52-21-25-58-26-22-52)47(56)35-17-13-33(14-18-35)31-51(32-34-15-19-36(20-16-34)48(57)50(3,4)53-23-27-59-28-24-53)43-12-8-7-9-37(43)40-29-41-42(30-44(40)51)46(55)39-11-6-5-10-38(39)45(41)54/h5-20,29-30H,21-28,31-32H2,1-4H3. The van der Waals surface area contributed by atoms with E-state index >= 15 is 0 Å². The number of morpholine rings is 2. The first-order valence-corrected chi connectivity index (χ1v) is 20.8. The van der Waals surface area contributed by atoms with Gasteiger partial charge in [0.1, 0.15) is 0 Å². The molecule has 2 aliphatic carbocycles. The largest absolute Gasteiger partial charge is 0.379 e. The monoisotopic (exact) mass is 786 g/mol. The normalized spacial score (nSPS) is 17.8. The Labute approximate surface area is 346 Å². The summed E-state index contributed by atoms with van der Waals surface area (Å²) in [4.78, 5) is 60.6. The number of carbonyl (C=O) groups excluding carboxylic acids is 4. The van der Waals surface area contributed by atoms with Crippen LogP contribution in [0.5, 0.6) is 0 Å². The molecule has 300 valence electrons.